The Balaban J connectivity index is 3.49. The van der Waals surface area contributed by atoms with Gasteiger partial charge in [-0.15, -0.1) is 0 Å². The first-order valence-corrected chi connectivity index (χ1v) is 32.8. The van der Waals surface area contributed by atoms with Crippen molar-refractivity contribution in [3.05, 3.63) is 36.5 Å². The molecule has 5 heteroatoms. The topological polar surface area (TPSA) is 89.8 Å². The van der Waals surface area contributed by atoms with Crippen molar-refractivity contribution in [3.63, 3.8) is 0 Å². The van der Waals surface area contributed by atoms with Crippen LogP contribution in [-0.4, -0.2) is 46.1 Å². The summed E-state index contributed by atoms with van der Waals surface area (Å²) >= 11 is 0. The summed E-state index contributed by atoms with van der Waals surface area (Å²) in [5, 5.41) is 33.8. The Morgan fingerprint density at radius 2 is 0.569 bits per heavy atom. The molecule has 3 unspecified atom stereocenters. The number of unbranched alkanes of at least 4 members (excludes halogenated alkanes) is 47. The van der Waals surface area contributed by atoms with E-state index in [-0.39, 0.29) is 12.5 Å². The molecule has 0 aliphatic carbocycles. The van der Waals surface area contributed by atoms with Gasteiger partial charge in [-0.2, -0.15) is 0 Å². The van der Waals surface area contributed by atoms with Gasteiger partial charge in [0.2, 0.25) is 5.91 Å². The zero-order valence-electron chi connectivity index (χ0n) is 48.8. The Kier molecular flexibility index (Phi) is 60.9. The molecule has 0 heterocycles. The zero-order valence-corrected chi connectivity index (χ0v) is 48.8. The third kappa shape index (κ3) is 56.3. The van der Waals surface area contributed by atoms with E-state index < -0.39 is 18.2 Å². The highest BCUT2D eigenvalue weighted by molar-refractivity contribution is 5.76. The fraction of sp³-hybridized carbons (Fsp3) is 0.896. The number of hydrogen-bond acceptors (Lipinski definition) is 4. The minimum absolute atomic E-state index is 0.152. The Labute approximate surface area is 451 Å². The molecule has 3 atom stereocenters. The number of nitrogens with one attached hydrogen (secondary N) is 1. The van der Waals surface area contributed by atoms with Crippen LogP contribution in [0.3, 0.4) is 0 Å². The van der Waals surface area contributed by atoms with Crippen molar-refractivity contribution in [2.45, 2.75) is 379 Å². The fourth-order valence-corrected chi connectivity index (χ4v) is 10.4. The summed E-state index contributed by atoms with van der Waals surface area (Å²) in [7, 11) is 0. The van der Waals surface area contributed by atoms with Gasteiger partial charge in [0.25, 0.3) is 0 Å². The molecular formula is C67H129NO4. The molecule has 0 rings (SSSR count). The molecule has 0 saturated heterocycles. The maximum absolute atomic E-state index is 12.5. The van der Waals surface area contributed by atoms with Gasteiger partial charge in [0.05, 0.1) is 18.8 Å². The Hall–Kier alpha value is -1.43. The summed E-state index contributed by atoms with van der Waals surface area (Å²) in [6.07, 6.45) is 82.1. The van der Waals surface area contributed by atoms with Gasteiger partial charge in [0.15, 0.2) is 0 Å². The largest absolute Gasteiger partial charge is 0.394 e. The third-order valence-corrected chi connectivity index (χ3v) is 15.4. The minimum Gasteiger partial charge on any atom is -0.394 e. The number of aliphatic hydroxyl groups excluding tert-OH is 3. The van der Waals surface area contributed by atoms with Crippen molar-refractivity contribution in [1.82, 2.24) is 5.32 Å². The van der Waals surface area contributed by atoms with Crippen LogP contribution in [0.4, 0.5) is 0 Å². The molecule has 4 N–H and O–H groups in total. The summed E-state index contributed by atoms with van der Waals surface area (Å²) in [4.78, 5) is 12.5. The average Bonchev–Trinajstić information content (AvgIpc) is 3.39. The van der Waals surface area contributed by atoms with E-state index in [2.05, 4.69) is 55.6 Å². The highest BCUT2D eigenvalue weighted by Gasteiger charge is 2.26. The molecular weight excluding hydrogens is 883 g/mol. The lowest BCUT2D eigenvalue weighted by Crippen LogP contribution is -2.50. The van der Waals surface area contributed by atoms with Gasteiger partial charge in [-0.3, -0.25) is 4.79 Å². The number of allylic oxidation sites excluding steroid dienone is 6. The number of aliphatic hydroxyl groups is 3. The van der Waals surface area contributed by atoms with Crippen LogP contribution >= 0.6 is 0 Å². The number of carbonyl (C=O) groups excluding carboxylic acids is 1. The summed E-state index contributed by atoms with van der Waals surface area (Å²) in [5.74, 6) is -0.152. The van der Waals surface area contributed by atoms with E-state index in [1.807, 2.05) is 0 Å². The number of amides is 1. The van der Waals surface area contributed by atoms with Crippen LogP contribution in [0.1, 0.15) is 361 Å². The second-order valence-corrected chi connectivity index (χ2v) is 22.7. The number of carbonyl (C=O) groups is 1. The maximum atomic E-state index is 12.5. The zero-order chi connectivity index (χ0) is 52.2. The van der Waals surface area contributed by atoms with Gasteiger partial charge < -0.3 is 20.6 Å². The molecule has 72 heavy (non-hydrogen) atoms. The van der Waals surface area contributed by atoms with Gasteiger partial charge in [-0.1, -0.05) is 314 Å². The summed E-state index contributed by atoms with van der Waals surface area (Å²) in [6, 6.07) is -0.833. The molecule has 5 nitrogen and oxygen atoms in total. The van der Waals surface area contributed by atoms with E-state index in [4.69, 9.17) is 0 Å². The number of hydrogen-bond donors (Lipinski definition) is 4. The summed E-state index contributed by atoms with van der Waals surface area (Å²) in [5.41, 5.74) is 0. The average molecular weight is 1010 g/mol. The lowest BCUT2D eigenvalue weighted by Gasteiger charge is -2.26. The van der Waals surface area contributed by atoms with E-state index in [1.165, 1.54) is 289 Å². The van der Waals surface area contributed by atoms with Crippen molar-refractivity contribution in [2.24, 2.45) is 0 Å². The van der Waals surface area contributed by atoms with E-state index in [9.17, 15) is 20.1 Å². The van der Waals surface area contributed by atoms with E-state index in [1.54, 1.807) is 0 Å². The lowest BCUT2D eigenvalue weighted by atomic mass is 10.0. The Morgan fingerprint density at radius 1 is 0.333 bits per heavy atom. The van der Waals surface area contributed by atoms with Gasteiger partial charge in [0.1, 0.15) is 6.10 Å². The fourth-order valence-electron chi connectivity index (χ4n) is 10.4. The molecule has 0 fully saturated rings. The van der Waals surface area contributed by atoms with Crippen molar-refractivity contribution in [1.29, 1.82) is 0 Å². The summed E-state index contributed by atoms with van der Waals surface area (Å²) in [6.45, 7) is 4.21. The van der Waals surface area contributed by atoms with Crippen LogP contribution in [-0.2, 0) is 4.79 Å². The molecule has 0 bridgehead atoms. The van der Waals surface area contributed by atoms with E-state index >= 15 is 0 Å². The standard InChI is InChI=1S/C67H129NO4/c1-3-5-7-9-11-13-15-17-19-21-23-25-26-27-28-29-30-31-32-33-34-35-36-37-38-39-40-42-44-46-48-50-52-54-56-58-60-62-66(71)68-64(63-69)67(72)65(70)61-59-57-55-53-51-49-47-45-43-41-24-22-20-18-16-14-12-10-8-6-4-2/h31-32,45,47,53,55,64-65,67,69-70,72H,3-30,33-44,46,48-52,54,56-63H2,1-2H3,(H,68,71)/b32-31-,47-45+,55-53+. The van der Waals surface area contributed by atoms with Crippen molar-refractivity contribution in [2.75, 3.05) is 6.61 Å². The second kappa shape index (κ2) is 62.1. The van der Waals surface area contributed by atoms with Crippen LogP contribution in [0.25, 0.3) is 0 Å². The molecule has 0 aliphatic heterocycles. The third-order valence-electron chi connectivity index (χ3n) is 15.4. The molecule has 0 spiro atoms. The van der Waals surface area contributed by atoms with Crippen molar-refractivity contribution in [3.8, 4) is 0 Å². The molecule has 1 amide bonds. The molecule has 0 aromatic heterocycles. The monoisotopic (exact) mass is 1010 g/mol. The van der Waals surface area contributed by atoms with E-state index in [0.717, 1.165) is 44.9 Å². The molecule has 0 saturated carbocycles. The van der Waals surface area contributed by atoms with Crippen LogP contribution < -0.4 is 5.32 Å². The molecule has 0 aromatic rings. The van der Waals surface area contributed by atoms with Crippen LogP contribution in [0, 0.1) is 0 Å². The summed E-state index contributed by atoms with van der Waals surface area (Å²) < 4.78 is 0. The van der Waals surface area contributed by atoms with Gasteiger partial charge in [0, 0.05) is 6.42 Å². The first kappa shape index (κ1) is 70.6. The first-order valence-electron chi connectivity index (χ1n) is 32.8. The second-order valence-electron chi connectivity index (χ2n) is 22.7. The number of rotatable bonds is 61. The van der Waals surface area contributed by atoms with Crippen LogP contribution in [0.15, 0.2) is 36.5 Å². The molecule has 0 aliphatic rings. The van der Waals surface area contributed by atoms with Gasteiger partial charge >= 0.3 is 0 Å². The van der Waals surface area contributed by atoms with Crippen LogP contribution in [0.2, 0.25) is 0 Å². The molecule has 0 radical (unpaired) electrons. The van der Waals surface area contributed by atoms with Crippen molar-refractivity contribution < 1.29 is 20.1 Å². The highest BCUT2D eigenvalue weighted by atomic mass is 16.3. The van der Waals surface area contributed by atoms with Gasteiger partial charge in [-0.05, 0) is 77.0 Å². The predicted molar refractivity (Wildman–Crippen MR) is 319 cm³/mol. The van der Waals surface area contributed by atoms with Crippen molar-refractivity contribution >= 4 is 5.91 Å². The predicted octanol–water partition coefficient (Wildman–Crippen LogP) is 21.0. The minimum atomic E-state index is -1.17. The SMILES string of the molecule is CCCCCCCCCCCCCC/C=C/CC/C=C/CCCC(O)C(O)C(CO)NC(=O)CCCCCCCCCCCCCCCCCCC/C=C\CCCCCCCCCCCCCCCCCC. The smallest absolute Gasteiger partial charge is 0.220 e. The van der Waals surface area contributed by atoms with Gasteiger partial charge in [-0.25, -0.2) is 0 Å². The Morgan fingerprint density at radius 3 is 0.847 bits per heavy atom. The molecule has 0 aromatic carbocycles. The quantitative estimate of drug-likeness (QED) is 0.0361. The van der Waals surface area contributed by atoms with E-state index in [0.29, 0.717) is 12.8 Å². The lowest BCUT2D eigenvalue weighted by molar-refractivity contribution is -0.124. The Bertz CT molecular complexity index is 1120. The molecule has 426 valence electrons. The van der Waals surface area contributed by atoms with Crippen LogP contribution in [0.5, 0.6) is 0 Å². The maximum Gasteiger partial charge on any atom is 0.220 e. The normalized spacial score (nSPS) is 13.3. The first-order chi connectivity index (χ1) is 35.6. The highest BCUT2D eigenvalue weighted by Crippen LogP contribution is 2.18.